The molecule has 0 fully saturated rings. The van der Waals surface area contributed by atoms with Crippen LogP contribution in [0.1, 0.15) is 37.7 Å². The summed E-state index contributed by atoms with van der Waals surface area (Å²) < 4.78 is 5.31. The van der Waals surface area contributed by atoms with Gasteiger partial charge in [-0.15, -0.1) is 0 Å². The van der Waals surface area contributed by atoms with Gasteiger partial charge in [0, 0.05) is 17.7 Å². The van der Waals surface area contributed by atoms with Crippen LogP contribution in [0.4, 0.5) is 0 Å². The molecule has 0 amide bonds. The molecule has 4 rings (SSSR count). The van der Waals surface area contributed by atoms with Gasteiger partial charge in [0.25, 0.3) is 0 Å². The second-order valence-electron chi connectivity index (χ2n) is 7.23. The van der Waals surface area contributed by atoms with Gasteiger partial charge in [-0.3, -0.25) is 4.79 Å². The van der Waals surface area contributed by atoms with Crippen molar-refractivity contribution < 1.29 is 14.3 Å². The minimum atomic E-state index is -0.547. The number of nitrogens with two attached hydrogens (primary N) is 1. The first-order valence-corrected chi connectivity index (χ1v) is 9.96. The van der Waals surface area contributed by atoms with Crippen molar-refractivity contribution in [2.75, 3.05) is 6.61 Å². The van der Waals surface area contributed by atoms with Gasteiger partial charge < -0.3 is 15.8 Å². The highest BCUT2D eigenvalue weighted by atomic mass is 16.5. The molecule has 5 nitrogen and oxygen atoms in total. The lowest BCUT2D eigenvalue weighted by Gasteiger charge is -2.34. The van der Waals surface area contributed by atoms with Crippen LogP contribution < -0.4 is 11.1 Å². The molecule has 0 bridgehead atoms. The number of esters is 1. The van der Waals surface area contributed by atoms with Gasteiger partial charge in [-0.25, -0.2) is 4.79 Å². The van der Waals surface area contributed by atoms with Gasteiger partial charge in [0.05, 0.1) is 18.1 Å². The zero-order valence-corrected chi connectivity index (χ0v) is 16.4. The number of rotatable bonds is 4. The van der Waals surface area contributed by atoms with Gasteiger partial charge in [0.2, 0.25) is 0 Å². The molecule has 29 heavy (non-hydrogen) atoms. The molecular weight excluding hydrogens is 364 g/mol. The van der Waals surface area contributed by atoms with Crippen molar-refractivity contribution >= 4 is 11.8 Å². The van der Waals surface area contributed by atoms with Crippen LogP contribution in [0.15, 0.2) is 77.3 Å². The Kier molecular flexibility index (Phi) is 5.21. The van der Waals surface area contributed by atoms with Crippen molar-refractivity contribution in [2.45, 2.75) is 32.1 Å². The molecule has 1 unspecified atom stereocenters. The highest BCUT2D eigenvalue weighted by Gasteiger charge is 2.40. The van der Waals surface area contributed by atoms with Crippen molar-refractivity contribution in [3.8, 4) is 11.1 Å². The average Bonchev–Trinajstić information content (AvgIpc) is 2.74. The van der Waals surface area contributed by atoms with Gasteiger partial charge in [-0.05, 0) is 36.5 Å². The summed E-state index contributed by atoms with van der Waals surface area (Å²) in [5, 5.41) is 3.11. The Labute approximate surface area is 170 Å². The molecule has 0 saturated carbocycles. The average molecular weight is 388 g/mol. The Morgan fingerprint density at radius 2 is 1.83 bits per heavy atom. The summed E-state index contributed by atoms with van der Waals surface area (Å²) in [6.07, 6.45) is 1.99. The largest absolute Gasteiger partial charge is 0.463 e. The molecule has 1 heterocycles. The van der Waals surface area contributed by atoms with E-state index in [1.807, 2.05) is 54.6 Å². The third kappa shape index (κ3) is 3.44. The maximum absolute atomic E-state index is 13.0. The van der Waals surface area contributed by atoms with Crippen molar-refractivity contribution in [1.82, 2.24) is 5.32 Å². The Morgan fingerprint density at radius 3 is 2.59 bits per heavy atom. The number of allylic oxidation sites excluding steroid dienone is 2. The van der Waals surface area contributed by atoms with Gasteiger partial charge in [-0.1, -0.05) is 54.6 Å². The number of carbonyl (C=O) groups is 2. The van der Waals surface area contributed by atoms with Crippen LogP contribution in [-0.2, 0) is 14.3 Å². The predicted octanol–water partition coefficient (Wildman–Crippen LogP) is 3.78. The second-order valence-corrected chi connectivity index (χ2v) is 7.23. The van der Waals surface area contributed by atoms with Gasteiger partial charge in [0.1, 0.15) is 5.82 Å². The fourth-order valence-corrected chi connectivity index (χ4v) is 4.24. The first-order chi connectivity index (χ1) is 14.1. The summed E-state index contributed by atoms with van der Waals surface area (Å²) in [5.74, 6) is -0.713. The van der Waals surface area contributed by atoms with E-state index >= 15 is 0 Å². The summed E-state index contributed by atoms with van der Waals surface area (Å²) in [5.41, 5.74) is 10.9. The zero-order chi connectivity index (χ0) is 20.4. The van der Waals surface area contributed by atoms with Crippen LogP contribution in [0.2, 0.25) is 0 Å². The molecule has 5 heteroatoms. The highest BCUT2D eigenvalue weighted by Crippen LogP contribution is 2.44. The van der Waals surface area contributed by atoms with Crippen LogP contribution in [-0.4, -0.2) is 18.4 Å². The summed E-state index contributed by atoms with van der Waals surface area (Å²) >= 11 is 0. The van der Waals surface area contributed by atoms with E-state index in [2.05, 4.69) is 5.32 Å². The summed E-state index contributed by atoms with van der Waals surface area (Å²) in [6.45, 7) is 2.00. The maximum Gasteiger partial charge on any atom is 0.338 e. The number of dihydropyridines is 1. The topological polar surface area (TPSA) is 81.4 Å². The van der Waals surface area contributed by atoms with E-state index in [0.717, 1.165) is 35.2 Å². The van der Waals surface area contributed by atoms with E-state index in [1.165, 1.54) is 0 Å². The van der Waals surface area contributed by atoms with E-state index in [4.69, 9.17) is 10.5 Å². The number of hydrogen-bond donors (Lipinski definition) is 2. The Morgan fingerprint density at radius 1 is 1.10 bits per heavy atom. The fraction of sp³-hybridized carbons (Fsp3) is 0.250. The monoisotopic (exact) mass is 388 g/mol. The molecule has 3 N–H and O–H groups in total. The number of hydrogen-bond acceptors (Lipinski definition) is 5. The number of benzene rings is 2. The van der Waals surface area contributed by atoms with Crippen LogP contribution in [0.3, 0.4) is 0 Å². The smallest absolute Gasteiger partial charge is 0.338 e. The molecule has 0 saturated heterocycles. The SMILES string of the molecule is CCOC(=O)C1=C(N)NC2=C(C(=O)CCC2)C1c1ccccc1-c1ccccc1. The lowest BCUT2D eigenvalue weighted by molar-refractivity contribution is -0.138. The van der Waals surface area contributed by atoms with E-state index in [0.29, 0.717) is 17.6 Å². The zero-order valence-electron chi connectivity index (χ0n) is 16.4. The Hall–Kier alpha value is -3.34. The normalized spacial score (nSPS) is 18.9. The summed E-state index contributed by atoms with van der Waals surface area (Å²) in [7, 11) is 0. The molecule has 148 valence electrons. The molecule has 0 aromatic heterocycles. The van der Waals surface area contributed by atoms with Crippen molar-refractivity contribution in [3.05, 3.63) is 82.8 Å². The fourth-order valence-electron chi connectivity index (χ4n) is 4.24. The van der Waals surface area contributed by atoms with Gasteiger partial charge >= 0.3 is 5.97 Å². The Bertz CT molecular complexity index is 1020. The standard InChI is InChI=1S/C24H24N2O3/c1-2-29-24(28)22-20(21-18(26-23(22)25)13-8-14-19(21)27)17-12-7-6-11-16(17)15-9-4-3-5-10-15/h3-7,9-12,20,26H,2,8,13-14,25H2,1H3. The minimum Gasteiger partial charge on any atom is -0.463 e. The lowest BCUT2D eigenvalue weighted by Crippen LogP contribution is -2.38. The molecule has 0 radical (unpaired) electrons. The number of carbonyl (C=O) groups excluding carboxylic acids is 2. The third-order valence-electron chi connectivity index (χ3n) is 5.46. The lowest BCUT2D eigenvalue weighted by atomic mass is 9.74. The van der Waals surface area contributed by atoms with Crippen LogP contribution in [0, 0.1) is 0 Å². The first-order valence-electron chi connectivity index (χ1n) is 9.96. The quantitative estimate of drug-likeness (QED) is 0.779. The van der Waals surface area contributed by atoms with Gasteiger partial charge in [-0.2, -0.15) is 0 Å². The molecule has 1 aliphatic heterocycles. The number of nitrogens with one attached hydrogen (secondary N) is 1. The molecule has 0 spiro atoms. The van der Waals surface area contributed by atoms with Crippen molar-refractivity contribution in [3.63, 3.8) is 0 Å². The molecule has 2 aliphatic rings. The third-order valence-corrected chi connectivity index (χ3v) is 5.46. The second kappa shape index (κ2) is 7.95. The predicted molar refractivity (Wildman–Crippen MR) is 111 cm³/mol. The molecule has 2 aromatic carbocycles. The number of ketones is 1. The molecule has 2 aromatic rings. The van der Waals surface area contributed by atoms with Crippen LogP contribution in [0.5, 0.6) is 0 Å². The van der Waals surface area contributed by atoms with E-state index in [-0.39, 0.29) is 18.2 Å². The van der Waals surface area contributed by atoms with Crippen molar-refractivity contribution in [2.24, 2.45) is 5.73 Å². The van der Waals surface area contributed by atoms with E-state index < -0.39 is 11.9 Å². The minimum absolute atomic E-state index is 0.0564. The molecular formula is C24H24N2O3. The molecule has 1 aliphatic carbocycles. The summed E-state index contributed by atoms with van der Waals surface area (Å²) in [6, 6.07) is 17.8. The van der Waals surface area contributed by atoms with Crippen molar-refractivity contribution in [1.29, 1.82) is 0 Å². The number of Topliss-reactive ketones (excluding diaryl/α,β-unsaturated/α-hetero) is 1. The molecule has 1 atom stereocenters. The van der Waals surface area contributed by atoms with E-state index in [9.17, 15) is 9.59 Å². The summed E-state index contributed by atoms with van der Waals surface area (Å²) in [4.78, 5) is 25.9. The van der Waals surface area contributed by atoms with Gasteiger partial charge in [0.15, 0.2) is 5.78 Å². The first kappa shape index (κ1) is 19.0. The van der Waals surface area contributed by atoms with Crippen LogP contribution in [0.25, 0.3) is 11.1 Å². The number of ether oxygens (including phenoxy) is 1. The van der Waals surface area contributed by atoms with Crippen LogP contribution >= 0.6 is 0 Å². The maximum atomic E-state index is 13.0. The highest BCUT2D eigenvalue weighted by molar-refractivity contribution is 6.04. The Balaban J connectivity index is 1.95. The van der Waals surface area contributed by atoms with E-state index in [1.54, 1.807) is 6.92 Å².